The van der Waals surface area contributed by atoms with Crippen LogP contribution in [-0.4, -0.2) is 15.3 Å². The molecular weight excluding hydrogens is 359 g/mol. The first-order valence-electron chi connectivity index (χ1n) is 7.43. The predicted molar refractivity (Wildman–Crippen MR) is 102 cm³/mol. The van der Waals surface area contributed by atoms with Gasteiger partial charge in [-0.3, -0.25) is 0 Å². The monoisotopic (exact) mass is 372 g/mol. The van der Waals surface area contributed by atoms with E-state index in [0.717, 1.165) is 20.7 Å². The van der Waals surface area contributed by atoms with Crippen molar-refractivity contribution in [3.8, 4) is 0 Å². The number of fused-ring (bicyclic) bond motifs is 1. The molecule has 0 fully saturated rings. The summed E-state index contributed by atoms with van der Waals surface area (Å²) in [4.78, 5) is 0. The maximum Gasteiger partial charge on any atom is 0.346 e. The highest BCUT2D eigenvalue weighted by molar-refractivity contribution is 7.45. The van der Waals surface area contributed by atoms with Gasteiger partial charge in [0.15, 0.2) is 0 Å². The van der Waals surface area contributed by atoms with Gasteiger partial charge in [0.2, 0.25) is 0 Å². The standard InChI is InChI=1S/C18H14Cl2OSi2/c19-22(15-9-3-1-4-10-15)17-13-7-8-14-18(17)23(20,21-22)16-11-5-2-6-12-16/h1-14H. The highest BCUT2D eigenvalue weighted by Gasteiger charge is 2.58. The first-order valence-corrected chi connectivity index (χ1v) is 13.3. The molecule has 2 atom stereocenters. The summed E-state index contributed by atoms with van der Waals surface area (Å²) in [6, 6.07) is 28.3. The summed E-state index contributed by atoms with van der Waals surface area (Å²) in [5.41, 5.74) is 0. The first kappa shape index (κ1) is 15.2. The maximum atomic E-state index is 7.13. The second kappa shape index (κ2) is 5.62. The zero-order valence-corrected chi connectivity index (χ0v) is 15.8. The van der Waals surface area contributed by atoms with Crippen molar-refractivity contribution in [3.05, 3.63) is 84.9 Å². The molecule has 23 heavy (non-hydrogen) atoms. The van der Waals surface area contributed by atoms with Gasteiger partial charge in [-0.05, 0) is 20.7 Å². The van der Waals surface area contributed by atoms with Crippen LogP contribution in [0.2, 0.25) is 0 Å². The lowest BCUT2D eigenvalue weighted by Crippen LogP contribution is -2.56. The van der Waals surface area contributed by atoms with E-state index in [4.69, 9.17) is 26.3 Å². The van der Waals surface area contributed by atoms with E-state index in [9.17, 15) is 0 Å². The molecule has 3 aromatic rings. The molecule has 1 nitrogen and oxygen atoms in total. The highest BCUT2D eigenvalue weighted by Crippen LogP contribution is 2.27. The third-order valence-corrected chi connectivity index (χ3v) is 15.0. The highest BCUT2D eigenvalue weighted by atomic mass is 35.6. The molecule has 0 aromatic heterocycles. The van der Waals surface area contributed by atoms with Crippen LogP contribution >= 0.6 is 22.2 Å². The van der Waals surface area contributed by atoms with Crippen molar-refractivity contribution in [2.45, 2.75) is 0 Å². The predicted octanol–water partition coefficient (Wildman–Crippen LogP) is 2.31. The molecule has 0 spiro atoms. The molecule has 1 aliphatic rings. The molecule has 0 radical (unpaired) electrons. The van der Waals surface area contributed by atoms with Crippen LogP contribution in [0.15, 0.2) is 84.9 Å². The minimum absolute atomic E-state index is 1.04. The lowest BCUT2D eigenvalue weighted by molar-refractivity contribution is 0.625. The minimum Gasteiger partial charge on any atom is -0.420 e. The Bertz CT molecular complexity index is 773. The summed E-state index contributed by atoms with van der Waals surface area (Å²) in [6.45, 7) is 0. The SMILES string of the molecule is Cl[Si]1(c2ccccc2)O[Si](Cl)(c2ccccc2)c2ccccc21. The van der Waals surface area contributed by atoms with Crippen LogP contribution in [0.1, 0.15) is 0 Å². The molecule has 0 saturated heterocycles. The van der Waals surface area contributed by atoms with Crippen LogP contribution in [0.5, 0.6) is 0 Å². The minimum atomic E-state index is -2.80. The fourth-order valence-corrected chi connectivity index (χ4v) is 15.5. The van der Waals surface area contributed by atoms with Crippen LogP contribution in [0.25, 0.3) is 0 Å². The lowest BCUT2D eigenvalue weighted by atomic mass is 10.3. The van der Waals surface area contributed by atoms with Crippen molar-refractivity contribution in [2.75, 3.05) is 0 Å². The average Bonchev–Trinajstić information content (AvgIpc) is 2.87. The summed E-state index contributed by atoms with van der Waals surface area (Å²) in [7, 11) is -5.60. The van der Waals surface area contributed by atoms with Crippen molar-refractivity contribution in [2.24, 2.45) is 0 Å². The van der Waals surface area contributed by atoms with Crippen LogP contribution in [-0.2, 0) is 4.12 Å². The number of rotatable bonds is 2. The van der Waals surface area contributed by atoms with Gasteiger partial charge < -0.3 is 4.12 Å². The number of hydrogen-bond acceptors (Lipinski definition) is 1. The summed E-state index contributed by atoms with van der Waals surface area (Å²) in [5, 5.41) is 4.25. The van der Waals surface area contributed by atoms with Gasteiger partial charge in [-0.1, -0.05) is 84.9 Å². The topological polar surface area (TPSA) is 9.23 Å². The largest absolute Gasteiger partial charge is 0.420 e. The van der Waals surface area contributed by atoms with Crippen LogP contribution in [0, 0.1) is 0 Å². The Kier molecular flexibility index (Phi) is 3.71. The van der Waals surface area contributed by atoms with Crippen molar-refractivity contribution in [1.29, 1.82) is 0 Å². The smallest absolute Gasteiger partial charge is 0.346 e. The molecule has 0 amide bonds. The van der Waals surface area contributed by atoms with Crippen molar-refractivity contribution < 1.29 is 4.12 Å². The van der Waals surface area contributed by atoms with Crippen molar-refractivity contribution >= 4 is 58.2 Å². The molecule has 0 saturated carbocycles. The molecule has 0 N–H and O–H groups in total. The second-order valence-corrected chi connectivity index (χ2v) is 14.2. The molecule has 0 bridgehead atoms. The summed E-state index contributed by atoms with van der Waals surface area (Å²) in [6.07, 6.45) is 0. The van der Waals surface area contributed by atoms with Gasteiger partial charge in [0.1, 0.15) is 0 Å². The second-order valence-electron chi connectivity index (χ2n) is 5.57. The Morgan fingerprint density at radius 1 is 0.522 bits per heavy atom. The van der Waals surface area contributed by atoms with Crippen molar-refractivity contribution in [3.63, 3.8) is 0 Å². The van der Waals surface area contributed by atoms with E-state index in [0.29, 0.717) is 0 Å². The van der Waals surface area contributed by atoms with Crippen molar-refractivity contribution in [1.82, 2.24) is 0 Å². The Morgan fingerprint density at radius 2 is 0.870 bits per heavy atom. The third kappa shape index (κ3) is 2.31. The molecule has 0 aliphatic carbocycles. The van der Waals surface area contributed by atoms with E-state index in [1.54, 1.807) is 0 Å². The van der Waals surface area contributed by atoms with Crippen LogP contribution < -0.4 is 20.7 Å². The van der Waals surface area contributed by atoms with Gasteiger partial charge in [-0.2, -0.15) is 0 Å². The molecule has 114 valence electrons. The summed E-state index contributed by atoms with van der Waals surface area (Å²) in [5.74, 6) is 0. The van der Waals surface area contributed by atoms with E-state index < -0.39 is 15.3 Å². The van der Waals surface area contributed by atoms with E-state index in [1.807, 2.05) is 72.8 Å². The fraction of sp³-hybridized carbons (Fsp3) is 0. The molecule has 1 aliphatic heterocycles. The summed E-state index contributed by atoms with van der Waals surface area (Å²) < 4.78 is 6.59. The van der Waals surface area contributed by atoms with Gasteiger partial charge in [0.05, 0.1) is 0 Å². The maximum absolute atomic E-state index is 7.13. The Labute approximate surface area is 147 Å². The van der Waals surface area contributed by atoms with Gasteiger partial charge >= 0.3 is 15.3 Å². The van der Waals surface area contributed by atoms with E-state index >= 15 is 0 Å². The number of benzene rings is 3. The van der Waals surface area contributed by atoms with E-state index in [2.05, 4.69) is 12.1 Å². The molecular formula is C18H14Cl2OSi2. The Balaban J connectivity index is 1.95. The van der Waals surface area contributed by atoms with Gasteiger partial charge in [0, 0.05) is 0 Å². The molecule has 4 rings (SSSR count). The van der Waals surface area contributed by atoms with Gasteiger partial charge in [-0.25, -0.2) is 0 Å². The number of halogens is 2. The van der Waals surface area contributed by atoms with Gasteiger partial charge in [0.25, 0.3) is 0 Å². The van der Waals surface area contributed by atoms with E-state index in [-0.39, 0.29) is 0 Å². The number of hydrogen-bond donors (Lipinski definition) is 0. The Hall–Kier alpha value is -1.37. The fourth-order valence-electron chi connectivity index (χ4n) is 3.08. The first-order chi connectivity index (χ1) is 11.1. The average molecular weight is 373 g/mol. The third-order valence-electron chi connectivity index (χ3n) is 4.19. The molecule has 5 heteroatoms. The van der Waals surface area contributed by atoms with Gasteiger partial charge in [-0.15, -0.1) is 22.2 Å². The quantitative estimate of drug-likeness (QED) is 0.495. The van der Waals surface area contributed by atoms with Crippen LogP contribution in [0.4, 0.5) is 0 Å². The van der Waals surface area contributed by atoms with E-state index in [1.165, 1.54) is 0 Å². The molecule has 2 unspecified atom stereocenters. The zero-order valence-electron chi connectivity index (χ0n) is 12.2. The summed E-state index contributed by atoms with van der Waals surface area (Å²) >= 11 is 14.3. The zero-order chi connectivity index (χ0) is 15.9. The molecule has 3 aromatic carbocycles. The normalized spacial score (nSPS) is 26.0. The lowest BCUT2D eigenvalue weighted by Gasteiger charge is -2.25. The van der Waals surface area contributed by atoms with Crippen LogP contribution in [0.3, 0.4) is 0 Å². The molecule has 1 heterocycles. The Morgan fingerprint density at radius 3 is 1.26 bits per heavy atom.